The second-order valence-electron chi connectivity index (χ2n) is 7.75. The highest BCUT2D eigenvalue weighted by molar-refractivity contribution is 5.82. The number of nitrogens with zero attached hydrogens (tertiary/aromatic N) is 1. The van der Waals surface area contributed by atoms with Crippen molar-refractivity contribution in [3.63, 3.8) is 0 Å². The first-order chi connectivity index (χ1) is 10.8. The summed E-state index contributed by atoms with van der Waals surface area (Å²) >= 11 is 0. The highest BCUT2D eigenvalue weighted by Gasteiger charge is 2.43. The topological polar surface area (TPSA) is 94.2 Å². The number of hydrogen-bond donors (Lipinski definition) is 1. The van der Waals surface area contributed by atoms with E-state index in [1.807, 2.05) is 0 Å². The standard InChI is InChI=1S/C16H28N2O6/c1-15(2,3)23-13(20)17-10-8-11(12(19)22-7)18(9-10)14(21)24-16(4,5)6/h10-11H,8-9H2,1-7H3,(H,17,20)/t10-,11?/m0/s1. The van der Waals surface area contributed by atoms with Crippen LogP contribution in [0.5, 0.6) is 0 Å². The first kappa shape index (κ1) is 20.1. The van der Waals surface area contributed by atoms with Crippen molar-refractivity contribution < 1.29 is 28.6 Å². The molecule has 2 amide bonds. The van der Waals surface area contributed by atoms with E-state index in [2.05, 4.69) is 5.32 Å². The molecular weight excluding hydrogens is 316 g/mol. The van der Waals surface area contributed by atoms with E-state index in [0.717, 1.165) is 0 Å². The van der Waals surface area contributed by atoms with Crippen LogP contribution < -0.4 is 5.32 Å². The third kappa shape index (κ3) is 6.25. The average molecular weight is 344 g/mol. The summed E-state index contributed by atoms with van der Waals surface area (Å²) in [7, 11) is 1.25. The van der Waals surface area contributed by atoms with Gasteiger partial charge in [-0.2, -0.15) is 0 Å². The minimum atomic E-state index is -0.801. The van der Waals surface area contributed by atoms with Gasteiger partial charge in [-0.1, -0.05) is 0 Å². The van der Waals surface area contributed by atoms with E-state index in [1.165, 1.54) is 12.0 Å². The van der Waals surface area contributed by atoms with Gasteiger partial charge in [-0.3, -0.25) is 4.90 Å². The van der Waals surface area contributed by atoms with E-state index in [-0.39, 0.29) is 13.0 Å². The second-order valence-corrected chi connectivity index (χ2v) is 7.75. The fourth-order valence-electron chi connectivity index (χ4n) is 2.30. The summed E-state index contributed by atoms with van der Waals surface area (Å²) in [5, 5.41) is 2.67. The SMILES string of the molecule is COC(=O)C1C[C@H](NC(=O)OC(C)(C)C)CN1C(=O)OC(C)(C)C. The van der Waals surface area contributed by atoms with E-state index < -0.39 is 41.4 Å². The summed E-state index contributed by atoms with van der Waals surface area (Å²) in [6.45, 7) is 10.6. The molecule has 0 spiro atoms. The van der Waals surface area contributed by atoms with Crippen molar-refractivity contribution in [3.05, 3.63) is 0 Å². The Morgan fingerprint density at radius 1 is 1.00 bits per heavy atom. The van der Waals surface area contributed by atoms with Crippen molar-refractivity contribution in [2.45, 2.75) is 71.2 Å². The Kier molecular flexibility index (Phi) is 6.08. The third-order valence-corrected chi connectivity index (χ3v) is 3.12. The van der Waals surface area contributed by atoms with Gasteiger partial charge < -0.3 is 19.5 Å². The van der Waals surface area contributed by atoms with Crippen molar-refractivity contribution in [3.8, 4) is 0 Å². The van der Waals surface area contributed by atoms with Gasteiger partial charge in [-0.05, 0) is 41.5 Å². The van der Waals surface area contributed by atoms with E-state index in [0.29, 0.717) is 0 Å². The zero-order valence-corrected chi connectivity index (χ0v) is 15.5. The zero-order chi connectivity index (χ0) is 18.7. The minimum Gasteiger partial charge on any atom is -0.467 e. The summed E-state index contributed by atoms with van der Waals surface area (Å²) in [4.78, 5) is 37.4. The molecule has 24 heavy (non-hydrogen) atoms. The van der Waals surface area contributed by atoms with Crippen molar-refractivity contribution in [1.82, 2.24) is 10.2 Å². The molecule has 2 atom stereocenters. The Morgan fingerprint density at radius 2 is 1.54 bits per heavy atom. The van der Waals surface area contributed by atoms with Crippen LogP contribution in [0, 0.1) is 0 Å². The first-order valence-electron chi connectivity index (χ1n) is 7.89. The number of ether oxygens (including phenoxy) is 3. The summed E-state index contributed by atoms with van der Waals surface area (Å²) in [5.41, 5.74) is -1.32. The minimum absolute atomic E-state index is 0.147. The summed E-state index contributed by atoms with van der Waals surface area (Å²) in [6.07, 6.45) is -0.973. The van der Waals surface area contributed by atoms with Crippen LogP contribution in [0.3, 0.4) is 0 Å². The molecule has 0 aromatic rings. The molecule has 0 bridgehead atoms. The third-order valence-electron chi connectivity index (χ3n) is 3.12. The molecule has 1 unspecified atom stereocenters. The quantitative estimate of drug-likeness (QED) is 0.609. The van der Waals surface area contributed by atoms with Crippen LogP contribution in [0.25, 0.3) is 0 Å². The van der Waals surface area contributed by atoms with Gasteiger partial charge in [0, 0.05) is 13.0 Å². The number of carbonyl (C=O) groups is 3. The number of rotatable bonds is 2. The number of likely N-dealkylation sites (tertiary alicyclic amines) is 1. The molecule has 0 saturated carbocycles. The van der Waals surface area contributed by atoms with Crippen LogP contribution in [-0.4, -0.2) is 60.0 Å². The maximum atomic E-state index is 12.3. The normalized spacial score (nSPS) is 21.2. The van der Waals surface area contributed by atoms with Crippen molar-refractivity contribution >= 4 is 18.2 Å². The predicted molar refractivity (Wildman–Crippen MR) is 86.5 cm³/mol. The predicted octanol–water partition coefficient (Wildman–Crippen LogP) is 2.06. The van der Waals surface area contributed by atoms with Crippen LogP contribution in [-0.2, 0) is 19.0 Å². The van der Waals surface area contributed by atoms with Gasteiger partial charge in [-0.25, -0.2) is 14.4 Å². The molecule has 1 aliphatic heterocycles. The van der Waals surface area contributed by atoms with Gasteiger partial charge in [0.1, 0.15) is 17.2 Å². The van der Waals surface area contributed by atoms with Crippen molar-refractivity contribution in [1.29, 1.82) is 0 Å². The highest BCUT2D eigenvalue weighted by Crippen LogP contribution is 2.22. The van der Waals surface area contributed by atoms with Crippen LogP contribution in [0.15, 0.2) is 0 Å². The molecule has 0 radical (unpaired) electrons. The van der Waals surface area contributed by atoms with Crippen LogP contribution in [0.1, 0.15) is 48.0 Å². The molecule has 138 valence electrons. The van der Waals surface area contributed by atoms with Gasteiger partial charge in [0.15, 0.2) is 0 Å². The fraction of sp³-hybridized carbons (Fsp3) is 0.812. The Morgan fingerprint density at radius 3 is 2.00 bits per heavy atom. The van der Waals surface area contributed by atoms with Crippen LogP contribution >= 0.6 is 0 Å². The lowest BCUT2D eigenvalue weighted by Crippen LogP contribution is -2.44. The van der Waals surface area contributed by atoms with Gasteiger partial charge >= 0.3 is 18.2 Å². The second kappa shape index (κ2) is 7.27. The highest BCUT2D eigenvalue weighted by atomic mass is 16.6. The maximum absolute atomic E-state index is 12.3. The lowest BCUT2D eigenvalue weighted by molar-refractivity contribution is -0.145. The van der Waals surface area contributed by atoms with Crippen LogP contribution in [0.4, 0.5) is 9.59 Å². The van der Waals surface area contributed by atoms with Crippen molar-refractivity contribution in [2.75, 3.05) is 13.7 Å². The van der Waals surface area contributed by atoms with E-state index in [9.17, 15) is 14.4 Å². The molecule has 1 fully saturated rings. The maximum Gasteiger partial charge on any atom is 0.411 e. The molecule has 0 aromatic heterocycles. The Bertz CT molecular complexity index is 492. The van der Waals surface area contributed by atoms with E-state index in [4.69, 9.17) is 14.2 Å². The lowest BCUT2D eigenvalue weighted by atomic mass is 10.1. The monoisotopic (exact) mass is 344 g/mol. The fourth-order valence-corrected chi connectivity index (χ4v) is 2.30. The number of alkyl carbamates (subject to hydrolysis) is 1. The van der Waals surface area contributed by atoms with Gasteiger partial charge in [0.2, 0.25) is 0 Å². The molecule has 1 heterocycles. The Hall–Kier alpha value is -1.99. The van der Waals surface area contributed by atoms with Crippen LogP contribution in [0.2, 0.25) is 0 Å². The zero-order valence-electron chi connectivity index (χ0n) is 15.5. The number of esters is 1. The first-order valence-corrected chi connectivity index (χ1v) is 7.89. The number of hydrogen-bond acceptors (Lipinski definition) is 6. The van der Waals surface area contributed by atoms with E-state index in [1.54, 1.807) is 41.5 Å². The number of amides is 2. The molecule has 0 aromatic carbocycles. The van der Waals surface area contributed by atoms with Gasteiger partial charge in [0.05, 0.1) is 13.2 Å². The molecule has 8 nitrogen and oxygen atoms in total. The lowest BCUT2D eigenvalue weighted by Gasteiger charge is -2.27. The number of methoxy groups -OCH3 is 1. The summed E-state index contributed by atoms with van der Waals surface area (Å²) in [5.74, 6) is -0.547. The smallest absolute Gasteiger partial charge is 0.411 e. The summed E-state index contributed by atoms with van der Waals surface area (Å²) in [6, 6.07) is -1.22. The molecule has 8 heteroatoms. The molecule has 1 N–H and O–H groups in total. The largest absolute Gasteiger partial charge is 0.467 e. The molecule has 0 aliphatic carbocycles. The molecule has 1 rings (SSSR count). The Labute approximate surface area is 142 Å². The number of carbonyl (C=O) groups excluding carboxylic acids is 3. The summed E-state index contributed by atoms with van der Waals surface area (Å²) < 4.78 is 15.3. The molecule has 1 saturated heterocycles. The molecular formula is C16H28N2O6. The van der Waals surface area contributed by atoms with Gasteiger partial charge in [-0.15, -0.1) is 0 Å². The Balaban J connectivity index is 2.78. The van der Waals surface area contributed by atoms with Gasteiger partial charge in [0.25, 0.3) is 0 Å². The van der Waals surface area contributed by atoms with E-state index >= 15 is 0 Å². The average Bonchev–Trinajstić information content (AvgIpc) is 2.77. The van der Waals surface area contributed by atoms with Crippen molar-refractivity contribution in [2.24, 2.45) is 0 Å². The molecule has 1 aliphatic rings. The number of nitrogens with one attached hydrogen (secondary N) is 1.